The molecule has 0 aliphatic rings. The van der Waals surface area contributed by atoms with E-state index in [4.69, 9.17) is 14.2 Å². The Kier molecular flexibility index (Phi) is 8.28. The molecule has 26 heavy (non-hydrogen) atoms. The van der Waals surface area contributed by atoms with E-state index in [0.717, 1.165) is 13.1 Å². The quantitative estimate of drug-likeness (QED) is 0.410. The largest absolute Gasteiger partial charge is 0.376 e. The van der Waals surface area contributed by atoms with Crippen LogP contribution in [0.4, 0.5) is 0 Å². The monoisotopic (exact) mass is 366 g/mol. The molecule has 0 radical (unpaired) electrons. The van der Waals surface area contributed by atoms with Gasteiger partial charge in [-0.3, -0.25) is 0 Å². The first-order chi connectivity index (χ1) is 12.5. The SMILES string of the molecule is Cc1c[n+](CCOCCOCC(C)OCC[n+]2cc(C)n(C)c2)cn1C. The van der Waals surface area contributed by atoms with Crippen molar-refractivity contribution in [2.75, 3.05) is 33.0 Å². The van der Waals surface area contributed by atoms with E-state index >= 15 is 0 Å². The van der Waals surface area contributed by atoms with Gasteiger partial charge in [0.2, 0.25) is 12.7 Å². The average molecular weight is 367 g/mol. The summed E-state index contributed by atoms with van der Waals surface area (Å²) in [5.74, 6) is 0. The minimum atomic E-state index is 0.0864. The maximum absolute atomic E-state index is 5.79. The third kappa shape index (κ3) is 6.90. The number of aryl methyl sites for hydroxylation is 4. The molecule has 7 heteroatoms. The molecular weight excluding hydrogens is 332 g/mol. The fraction of sp³-hybridized carbons (Fsp3) is 0.684. The summed E-state index contributed by atoms with van der Waals surface area (Å²) in [5.41, 5.74) is 2.48. The third-order valence-electron chi connectivity index (χ3n) is 4.43. The van der Waals surface area contributed by atoms with Crippen LogP contribution in [0.2, 0.25) is 0 Å². The molecule has 0 aliphatic carbocycles. The van der Waals surface area contributed by atoms with Crippen molar-refractivity contribution in [1.29, 1.82) is 0 Å². The highest BCUT2D eigenvalue weighted by Gasteiger charge is 2.08. The van der Waals surface area contributed by atoms with Crippen LogP contribution in [0.1, 0.15) is 18.3 Å². The summed E-state index contributed by atoms with van der Waals surface area (Å²) in [4.78, 5) is 0. The van der Waals surface area contributed by atoms with Crippen LogP contribution in [0.5, 0.6) is 0 Å². The van der Waals surface area contributed by atoms with Crippen LogP contribution in [-0.4, -0.2) is 48.3 Å². The Hall–Kier alpha value is -1.70. The van der Waals surface area contributed by atoms with Crippen molar-refractivity contribution in [3.8, 4) is 0 Å². The van der Waals surface area contributed by atoms with Gasteiger partial charge in [-0.1, -0.05) is 0 Å². The fourth-order valence-corrected chi connectivity index (χ4v) is 2.65. The zero-order valence-electron chi connectivity index (χ0n) is 16.9. The maximum Gasteiger partial charge on any atom is 0.243 e. The summed E-state index contributed by atoms with van der Waals surface area (Å²) < 4.78 is 25.5. The highest BCUT2D eigenvalue weighted by atomic mass is 16.5. The van der Waals surface area contributed by atoms with Gasteiger partial charge in [0.1, 0.15) is 36.9 Å². The Morgan fingerprint density at radius 2 is 1.38 bits per heavy atom. The topological polar surface area (TPSA) is 45.3 Å². The smallest absolute Gasteiger partial charge is 0.243 e. The highest BCUT2D eigenvalue weighted by Crippen LogP contribution is 1.94. The van der Waals surface area contributed by atoms with Gasteiger partial charge in [0, 0.05) is 13.8 Å². The van der Waals surface area contributed by atoms with Crippen LogP contribution in [0.25, 0.3) is 0 Å². The van der Waals surface area contributed by atoms with E-state index < -0.39 is 0 Å². The van der Waals surface area contributed by atoms with Crippen molar-refractivity contribution < 1.29 is 23.3 Å². The minimum Gasteiger partial charge on any atom is -0.376 e. The lowest BCUT2D eigenvalue weighted by Gasteiger charge is -2.12. The van der Waals surface area contributed by atoms with Crippen molar-refractivity contribution >= 4 is 0 Å². The number of imidazole rings is 2. The maximum atomic E-state index is 5.79. The normalized spacial score (nSPS) is 12.7. The molecule has 0 bridgehead atoms. The first-order valence-corrected chi connectivity index (χ1v) is 9.27. The molecule has 0 aliphatic heterocycles. The second kappa shape index (κ2) is 10.4. The van der Waals surface area contributed by atoms with Gasteiger partial charge < -0.3 is 14.2 Å². The van der Waals surface area contributed by atoms with Crippen molar-refractivity contribution in [1.82, 2.24) is 9.13 Å². The Balaban J connectivity index is 1.45. The predicted molar refractivity (Wildman–Crippen MR) is 97.7 cm³/mol. The van der Waals surface area contributed by atoms with Crippen LogP contribution in [0.3, 0.4) is 0 Å². The number of hydrogen-bond acceptors (Lipinski definition) is 3. The molecule has 7 nitrogen and oxygen atoms in total. The molecule has 1 unspecified atom stereocenters. The molecule has 2 heterocycles. The van der Waals surface area contributed by atoms with Gasteiger partial charge in [-0.05, 0) is 6.92 Å². The number of rotatable bonds is 12. The highest BCUT2D eigenvalue weighted by molar-refractivity contribution is 4.87. The molecule has 0 aromatic carbocycles. The molecule has 0 saturated carbocycles. The Morgan fingerprint density at radius 1 is 0.846 bits per heavy atom. The van der Waals surface area contributed by atoms with Gasteiger partial charge >= 0.3 is 0 Å². The van der Waals surface area contributed by atoms with Crippen LogP contribution in [-0.2, 0) is 41.4 Å². The summed E-state index contributed by atoms with van der Waals surface area (Å²) in [6, 6.07) is 0. The molecule has 1 atom stereocenters. The summed E-state index contributed by atoms with van der Waals surface area (Å²) in [6.45, 7) is 11.1. The Morgan fingerprint density at radius 3 is 1.92 bits per heavy atom. The van der Waals surface area contributed by atoms with Crippen LogP contribution in [0.15, 0.2) is 25.0 Å². The number of ether oxygens (including phenoxy) is 3. The fourth-order valence-electron chi connectivity index (χ4n) is 2.65. The summed E-state index contributed by atoms with van der Waals surface area (Å²) >= 11 is 0. The molecular formula is C19H34N4O3+2. The van der Waals surface area contributed by atoms with E-state index in [1.54, 1.807) is 0 Å². The van der Waals surface area contributed by atoms with Crippen molar-refractivity contribution in [3.05, 3.63) is 36.4 Å². The van der Waals surface area contributed by atoms with E-state index in [2.05, 4.69) is 57.2 Å². The van der Waals surface area contributed by atoms with Crippen molar-refractivity contribution in [2.24, 2.45) is 14.1 Å². The lowest BCUT2D eigenvalue weighted by atomic mass is 10.4. The number of aromatic nitrogens is 4. The first kappa shape index (κ1) is 20.6. The van der Waals surface area contributed by atoms with E-state index in [1.165, 1.54) is 11.4 Å². The standard InChI is InChI=1S/C19H34N4O3/c1-17-12-22(15-20(17)4)6-8-24-10-11-25-14-19(3)26-9-7-23-13-18(2)21(5)16-23/h12-13,15-16,19H,6-11,14H2,1-5H3/q+2. The van der Waals surface area contributed by atoms with Crippen LogP contribution >= 0.6 is 0 Å². The molecule has 146 valence electrons. The third-order valence-corrected chi connectivity index (χ3v) is 4.43. The van der Waals surface area contributed by atoms with Crippen molar-refractivity contribution in [2.45, 2.75) is 40.0 Å². The zero-order valence-corrected chi connectivity index (χ0v) is 16.9. The Labute approximate surface area is 156 Å². The zero-order chi connectivity index (χ0) is 18.9. The van der Waals surface area contributed by atoms with Gasteiger partial charge in [-0.15, -0.1) is 0 Å². The minimum absolute atomic E-state index is 0.0864. The van der Waals surface area contributed by atoms with Gasteiger partial charge in [-0.2, -0.15) is 0 Å². The molecule has 0 fully saturated rings. The van der Waals surface area contributed by atoms with E-state index in [-0.39, 0.29) is 6.10 Å². The van der Waals surface area contributed by atoms with Crippen LogP contribution < -0.4 is 9.13 Å². The van der Waals surface area contributed by atoms with Gasteiger partial charge in [0.25, 0.3) is 0 Å². The molecule has 0 spiro atoms. The molecule has 0 N–H and O–H groups in total. The molecule has 0 saturated heterocycles. The second-order valence-electron chi connectivity index (χ2n) is 6.84. The molecule has 2 aromatic heterocycles. The van der Waals surface area contributed by atoms with E-state index in [9.17, 15) is 0 Å². The lowest BCUT2D eigenvalue weighted by molar-refractivity contribution is -0.698. The molecule has 0 amide bonds. The van der Waals surface area contributed by atoms with E-state index in [0.29, 0.717) is 33.0 Å². The lowest BCUT2D eigenvalue weighted by Crippen LogP contribution is -2.35. The summed E-state index contributed by atoms with van der Waals surface area (Å²) in [6.07, 6.45) is 8.48. The molecule has 2 aromatic rings. The Bertz CT molecular complexity index is 627. The van der Waals surface area contributed by atoms with Gasteiger partial charge in [0.15, 0.2) is 0 Å². The number of nitrogens with zero attached hydrogens (tertiary/aromatic N) is 4. The second-order valence-corrected chi connectivity index (χ2v) is 6.84. The molecule has 2 rings (SSSR count). The van der Waals surface area contributed by atoms with Crippen molar-refractivity contribution in [3.63, 3.8) is 0 Å². The summed E-state index contributed by atoms with van der Waals surface area (Å²) in [7, 11) is 4.09. The first-order valence-electron chi connectivity index (χ1n) is 9.27. The van der Waals surface area contributed by atoms with Gasteiger partial charge in [-0.25, -0.2) is 18.3 Å². The summed E-state index contributed by atoms with van der Waals surface area (Å²) in [5, 5.41) is 0. The average Bonchev–Trinajstić information content (AvgIpc) is 3.08. The number of hydrogen-bond donors (Lipinski definition) is 0. The van der Waals surface area contributed by atoms with Gasteiger partial charge in [0.05, 0.1) is 53.2 Å². The van der Waals surface area contributed by atoms with Crippen LogP contribution in [0, 0.1) is 13.8 Å². The van der Waals surface area contributed by atoms with E-state index in [1.807, 2.05) is 21.0 Å². The predicted octanol–water partition coefficient (Wildman–Crippen LogP) is 0.694.